The second kappa shape index (κ2) is 13.1. The second-order valence-corrected chi connectivity index (χ2v) is 5.32. The number of carbonyl (C=O) groups excluding carboxylic acids is 1. The second-order valence-electron chi connectivity index (χ2n) is 4.21. The molecule has 0 aliphatic heterocycles. The number of nitrogen functional groups attached to an aromatic ring is 1. The van der Waals surface area contributed by atoms with Gasteiger partial charge < -0.3 is 16.0 Å². The number of nitrogens with one attached hydrogen (secondary N) is 1. The first-order valence-electron chi connectivity index (χ1n) is 6.61. The highest BCUT2D eigenvalue weighted by Crippen LogP contribution is 2.16. The van der Waals surface area contributed by atoms with Gasteiger partial charge in [-0.05, 0) is 25.2 Å². The summed E-state index contributed by atoms with van der Waals surface area (Å²) in [5, 5.41) is 2.83. The van der Waals surface area contributed by atoms with Crippen molar-refractivity contribution < 1.29 is 4.79 Å². The van der Waals surface area contributed by atoms with Crippen molar-refractivity contribution in [2.45, 2.75) is 13.8 Å². The Morgan fingerprint density at radius 1 is 1.24 bits per heavy atom. The van der Waals surface area contributed by atoms with Crippen molar-refractivity contribution in [1.29, 1.82) is 0 Å². The summed E-state index contributed by atoms with van der Waals surface area (Å²) in [5.74, 6) is 1.44. The van der Waals surface area contributed by atoms with Crippen LogP contribution in [0.15, 0.2) is 24.3 Å². The molecule has 0 aliphatic rings. The summed E-state index contributed by atoms with van der Waals surface area (Å²) >= 11 is 1.65. The molecule has 0 radical (unpaired) electrons. The number of nitrogens with two attached hydrogens (primary N) is 1. The minimum absolute atomic E-state index is 0. The van der Waals surface area contributed by atoms with Gasteiger partial charge in [-0.2, -0.15) is 11.8 Å². The minimum Gasteiger partial charge on any atom is -0.397 e. The van der Waals surface area contributed by atoms with Gasteiger partial charge in [-0.25, -0.2) is 0 Å². The van der Waals surface area contributed by atoms with Crippen LogP contribution in [-0.2, 0) is 4.79 Å². The lowest BCUT2D eigenvalue weighted by atomic mass is 10.3. The van der Waals surface area contributed by atoms with Gasteiger partial charge in [-0.15, -0.1) is 24.8 Å². The molecule has 0 unspecified atom stereocenters. The van der Waals surface area contributed by atoms with Crippen molar-refractivity contribution in [2.24, 2.45) is 0 Å². The Kier molecular flexibility index (Phi) is 14.1. The SMILES string of the molecule is CCN(CC)CCSCC(=O)Nc1ccccc1N.Cl.Cl. The Hall–Kier alpha value is -0.620. The van der Waals surface area contributed by atoms with E-state index < -0.39 is 0 Å². The lowest BCUT2D eigenvalue weighted by Crippen LogP contribution is -2.26. The van der Waals surface area contributed by atoms with Crippen LogP contribution >= 0.6 is 36.6 Å². The Labute approximate surface area is 144 Å². The zero-order valence-electron chi connectivity index (χ0n) is 12.5. The zero-order chi connectivity index (χ0) is 14.1. The van der Waals surface area contributed by atoms with Gasteiger partial charge in [0.2, 0.25) is 5.91 Å². The maximum atomic E-state index is 11.7. The first-order valence-corrected chi connectivity index (χ1v) is 7.77. The first-order chi connectivity index (χ1) is 9.17. The summed E-state index contributed by atoms with van der Waals surface area (Å²) in [6.07, 6.45) is 0. The van der Waals surface area contributed by atoms with Gasteiger partial charge in [0.15, 0.2) is 0 Å². The summed E-state index contributed by atoms with van der Waals surface area (Å²) in [5.41, 5.74) is 7.06. The monoisotopic (exact) mass is 353 g/mol. The van der Waals surface area contributed by atoms with E-state index in [9.17, 15) is 4.79 Å². The number of hydrogen-bond donors (Lipinski definition) is 2. The smallest absolute Gasteiger partial charge is 0.234 e. The molecule has 3 N–H and O–H groups in total. The third-order valence-corrected chi connectivity index (χ3v) is 3.85. The van der Waals surface area contributed by atoms with Crippen molar-refractivity contribution in [1.82, 2.24) is 4.90 Å². The Balaban J connectivity index is 0. The van der Waals surface area contributed by atoms with Crippen molar-refractivity contribution in [3.8, 4) is 0 Å². The maximum absolute atomic E-state index is 11.7. The van der Waals surface area contributed by atoms with E-state index in [1.54, 1.807) is 17.8 Å². The molecule has 0 atom stereocenters. The molecule has 4 nitrogen and oxygen atoms in total. The molecule has 0 aromatic heterocycles. The van der Waals surface area contributed by atoms with Gasteiger partial charge in [0.25, 0.3) is 0 Å². The van der Waals surface area contributed by atoms with Crippen LogP contribution < -0.4 is 11.1 Å². The number of carbonyl (C=O) groups is 1. The third kappa shape index (κ3) is 9.09. The molecule has 0 fully saturated rings. The number of thioether (sulfide) groups is 1. The zero-order valence-corrected chi connectivity index (χ0v) is 15.0. The van der Waals surface area contributed by atoms with Gasteiger partial charge in [0.1, 0.15) is 0 Å². The molecule has 1 aromatic carbocycles. The molecule has 0 saturated carbocycles. The van der Waals surface area contributed by atoms with Gasteiger partial charge >= 0.3 is 0 Å². The predicted octanol–water partition coefficient (Wildman–Crippen LogP) is 3.13. The number of nitrogens with zero attached hydrogens (tertiary/aromatic N) is 1. The molecule has 0 saturated heterocycles. The Morgan fingerprint density at radius 2 is 1.86 bits per heavy atom. The number of amides is 1. The average Bonchev–Trinajstić information content (AvgIpc) is 2.42. The highest BCUT2D eigenvalue weighted by Gasteiger charge is 2.05. The van der Waals surface area contributed by atoms with Crippen LogP contribution in [0.4, 0.5) is 11.4 Å². The van der Waals surface area contributed by atoms with Gasteiger partial charge in [0, 0.05) is 12.3 Å². The number of anilines is 2. The predicted molar refractivity (Wildman–Crippen MR) is 99.1 cm³/mol. The van der Waals surface area contributed by atoms with Gasteiger partial charge in [0.05, 0.1) is 17.1 Å². The minimum atomic E-state index is 0. The van der Waals surface area contributed by atoms with Crippen molar-refractivity contribution in [3.05, 3.63) is 24.3 Å². The van der Waals surface area contributed by atoms with E-state index in [-0.39, 0.29) is 30.7 Å². The standard InChI is InChI=1S/C14H23N3OS.2ClH/c1-3-17(4-2)9-10-19-11-14(18)16-13-8-6-5-7-12(13)15;;/h5-8H,3-4,9-11,15H2,1-2H3,(H,16,18);2*1H. The van der Waals surface area contributed by atoms with Crippen molar-refractivity contribution in [3.63, 3.8) is 0 Å². The highest BCUT2D eigenvalue weighted by atomic mass is 35.5. The normalized spacial score (nSPS) is 9.67. The largest absolute Gasteiger partial charge is 0.397 e. The van der Waals surface area contributed by atoms with Crippen molar-refractivity contribution in [2.75, 3.05) is 42.2 Å². The molecule has 0 heterocycles. The van der Waals surface area contributed by atoms with E-state index in [1.807, 2.05) is 18.2 Å². The summed E-state index contributed by atoms with van der Waals surface area (Å²) < 4.78 is 0. The van der Waals surface area contributed by atoms with E-state index in [4.69, 9.17) is 5.73 Å². The van der Waals surface area contributed by atoms with Gasteiger partial charge in [-0.1, -0.05) is 26.0 Å². The molecular formula is C14H25Cl2N3OS. The molecule has 0 bridgehead atoms. The topological polar surface area (TPSA) is 58.4 Å². The fourth-order valence-corrected chi connectivity index (χ4v) is 2.48. The number of halogens is 2. The lowest BCUT2D eigenvalue weighted by molar-refractivity contribution is -0.113. The fraction of sp³-hybridized carbons (Fsp3) is 0.500. The van der Waals surface area contributed by atoms with Crippen LogP contribution in [-0.4, -0.2) is 41.9 Å². The summed E-state index contributed by atoms with van der Waals surface area (Å²) in [6, 6.07) is 7.31. The van der Waals surface area contributed by atoms with Crippen LogP contribution in [0.1, 0.15) is 13.8 Å². The van der Waals surface area contributed by atoms with E-state index in [2.05, 4.69) is 24.1 Å². The Bertz CT molecular complexity index is 404. The quantitative estimate of drug-likeness (QED) is 0.556. The van der Waals surface area contributed by atoms with Crippen LogP contribution in [0.25, 0.3) is 0 Å². The molecule has 0 spiro atoms. The van der Waals surface area contributed by atoms with Crippen LogP contribution in [0.5, 0.6) is 0 Å². The third-order valence-electron chi connectivity index (χ3n) is 2.91. The summed E-state index contributed by atoms with van der Waals surface area (Å²) in [7, 11) is 0. The maximum Gasteiger partial charge on any atom is 0.234 e. The molecule has 1 rings (SSSR count). The molecular weight excluding hydrogens is 329 g/mol. The molecule has 0 aliphatic carbocycles. The molecule has 122 valence electrons. The number of hydrogen-bond acceptors (Lipinski definition) is 4. The molecule has 1 amide bonds. The summed E-state index contributed by atoms with van der Waals surface area (Å²) in [6.45, 7) is 7.45. The van der Waals surface area contributed by atoms with Crippen LogP contribution in [0.2, 0.25) is 0 Å². The first kappa shape index (κ1) is 22.7. The fourth-order valence-electron chi connectivity index (χ4n) is 1.70. The molecule has 21 heavy (non-hydrogen) atoms. The lowest BCUT2D eigenvalue weighted by Gasteiger charge is -2.17. The average molecular weight is 354 g/mol. The van der Waals surface area contributed by atoms with E-state index in [0.717, 1.165) is 25.4 Å². The van der Waals surface area contributed by atoms with E-state index >= 15 is 0 Å². The van der Waals surface area contributed by atoms with Gasteiger partial charge in [-0.3, -0.25) is 4.79 Å². The van der Waals surface area contributed by atoms with Crippen LogP contribution in [0, 0.1) is 0 Å². The van der Waals surface area contributed by atoms with E-state index in [0.29, 0.717) is 17.1 Å². The highest BCUT2D eigenvalue weighted by molar-refractivity contribution is 7.99. The summed E-state index contributed by atoms with van der Waals surface area (Å²) in [4.78, 5) is 14.1. The number of para-hydroxylation sites is 2. The van der Waals surface area contributed by atoms with Crippen molar-refractivity contribution >= 4 is 53.9 Å². The van der Waals surface area contributed by atoms with Crippen LogP contribution in [0.3, 0.4) is 0 Å². The Morgan fingerprint density at radius 3 is 2.43 bits per heavy atom. The number of benzene rings is 1. The number of rotatable bonds is 8. The molecule has 1 aromatic rings. The van der Waals surface area contributed by atoms with E-state index in [1.165, 1.54) is 0 Å². The molecule has 7 heteroatoms.